The molecule has 1 unspecified atom stereocenters. The average Bonchev–Trinajstić information content (AvgIpc) is 2.54. The summed E-state index contributed by atoms with van der Waals surface area (Å²) in [7, 11) is 0. The molecule has 23 heavy (non-hydrogen) atoms. The fourth-order valence-electron chi connectivity index (χ4n) is 3.05. The molecule has 0 spiro atoms. The van der Waals surface area contributed by atoms with E-state index in [9.17, 15) is 14.0 Å². The zero-order chi connectivity index (χ0) is 17.0. The molecule has 1 aliphatic heterocycles. The quantitative estimate of drug-likeness (QED) is 0.927. The molecule has 1 fully saturated rings. The van der Waals surface area contributed by atoms with E-state index in [4.69, 9.17) is 0 Å². The fourth-order valence-corrected chi connectivity index (χ4v) is 3.05. The number of hydrogen-bond acceptors (Lipinski definition) is 2. The molecule has 4 nitrogen and oxygen atoms in total. The van der Waals surface area contributed by atoms with Crippen molar-refractivity contribution in [2.45, 2.75) is 40.0 Å². The number of piperidine rings is 1. The largest absolute Gasteiger partial charge is 0.356 e. The predicted octanol–water partition coefficient (Wildman–Crippen LogP) is 2.90. The molecule has 1 aliphatic rings. The molecule has 0 aliphatic carbocycles. The molecule has 1 aromatic rings. The van der Waals surface area contributed by atoms with Crippen LogP contribution in [-0.2, 0) is 4.79 Å². The number of amides is 2. The van der Waals surface area contributed by atoms with Crippen molar-refractivity contribution in [3.8, 4) is 0 Å². The summed E-state index contributed by atoms with van der Waals surface area (Å²) in [6.45, 7) is 7.32. The van der Waals surface area contributed by atoms with E-state index in [-0.39, 0.29) is 11.8 Å². The van der Waals surface area contributed by atoms with Crippen LogP contribution in [0.5, 0.6) is 0 Å². The zero-order valence-corrected chi connectivity index (χ0v) is 14.1. The Hall–Kier alpha value is -1.91. The normalized spacial score (nSPS) is 21.1. The molecular formula is C18H25FN2O2. The molecule has 0 saturated carbocycles. The number of aryl methyl sites for hydroxylation is 1. The molecule has 0 radical (unpaired) electrons. The third kappa shape index (κ3) is 3.89. The van der Waals surface area contributed by atoms with Crippen LogP contribution in [-0.4, -0.2) is 36.3 Å². The second kappa shape index (κ2) is 7.11. The number of benzene rings is 1. The fraction of sp³-hybridized carbons (Fsp3) is 0.556. The lowest BCUT2D eigenvalue weighted by Gasteiger charge is -2.39. The number of carbonyl (C=O) groups excluding carboxylic acids is 2. The van der Waals surface area contributed by atoms with E-state index in [1.165, 1.54) is 12.1 Å². The van der Waals surface area contributed by atoms with Crippen LogP contribution in [0.4, 0.5) is 4.39 Å². The number of halogens is 1. The van der Waals surface area contributed by atoms with Crippen molar-refractivity contribution in [1.82, 2.24) is 10.2 Å². The average molecular weight is 320 g/mol. The topological polar surface area (TPSA) is 49.4 Å². The van der Waals surface area contributed by atoms with E-state index in [0.29, 0.717) is 25.2 Å². The number of carbonyl (C=O) groups is 2. The molecular weight excluding hydrogens is 295 g/mol. The van der Waals surface area contributed by atoms with Gasteiger partial charge in [0.1, 0.15) is 5.82 Å². The molecule has 0 aromatic heterocycles. The lowest BCUT2D eigenvalue weighted by molar-refractivity contribution is -0.132. The number of nitrogens with one attached hydrogen (secondary N) is 1. The third-order valence-electron chi connectivity index (χ3n) is 4.50. The number of likely N-dealkylation sites (tertiary alicyclic amines) is 1. The lowest BCUT2D eigenvalue weighted by Crippen LogP contribution is -2.52. The van der Waals surface area contributed by atoms with Gasteiger partial charge < -0.3 is 10.2 Å². The monoisotopic (exact) mass is 320 g/mol. The number of rotatable bonds is 4. The Morgan fingerprint density at radius 3 is 2.83 bits per heavy atom. The van der Waals surface area contributed by atoms with E-state index in [1.807, 2.05) is 13.8 Å². The molecule has 5 heteroatoms. The van der Waals surface area contributed by atoms with Gasteiger partial charge in [-0.3, -0.25) is 9.59 Å². The van der Waals surface area contributed by atoms with Crippen LogP contribution in [0, 0.1) is 18.2 Å². The van der Waals surface area contributed by atoms with Gasteiger partial charge in [-0.2, -0.15) is 0 Å². The third-order valence-corrected chi connectivity index (χ3v) is 4.50. The van der Waals surface area contributed by atoms with Gasteiger partial charge in [-0.05, 0) is 50.8 Å². The van der Waals surface area contributed by atoms with Crippen LogP contribution < -0.4 is 5.32 Å². The molecule has 1 heterocycles. The van der Waals surface area contributed by atoms with Crippen molar-refractivity contribution in [3.05, 3.63) is 35.1 Å². The van der Waals surface area contributed by atoms with E-state index in [1.54, 1.807) is 17.9 Å². The first-order chi connectivity index (χ1) is 10.9. The molecule has 1 N–H and O–H groups in total. The van der Waals surface area contributed by atoms with E-state index in [2.05, 4.69) is 5.32 Å². The Morgan fingerprint density at radius 1 is 1.39 bits per heavy atom. The SMILES string of the molecule is CCCNC(=O)C1(C)CCCN(C(=O)c2cc(F)ccc2C)C1. The highest BCUT2D eigenvalue weighted by atomic mass is 19.1. The maximum Gasteiger partial charge on any atom is 0.254 e. The van der Waals surface area contributed by atoms with Gasteiger partial charge in [0.05, 0.1) is 5.41 Å². The number of hydrogen-bond donors (Lipinski definition) is 1. The van der Waals surface area contributed by atoms with Crippen LogP contribution >= 0.6 is 0 Å². The highest BCUT2D eigenvalue weighted by molar-refractivity contribution is 5.96. The molecule has 0 bridgehead atoms. The predicted molar refractivity (Wildman–Crippen MR) is 87.7 cm³/mol. The van der Waals surface area contributed by atoms with Gasteiger partial charge in [-0.15, -0.1) is 0 Å². The Kier molecular flexibility index (Phi) is 5.39. The molecule has 2 amide bonds. The summed E-state index contributed by atoms with van der Waals surface area (Å²) in [6, 6.07) is 4.24. The highest BCUT2D eigenvalue weighted by Gasteiger charge is 2.39. The van der Waals surface area contributed by atoms with Crippen molar-refractivity contribution in [2.24, 2.45) is 5.41 Å². The van der Waals surface area contributed by atoms with Crippen molar-refractivity contribution in [1.29, 1.82) is 0 Å². The van der Waals surface area contributed by atoms with Crippen molar-refractivity contribution in [3.63, 3.8) is 0 Å². The second-order valence-corrected chi connectivity index (χ2v) is 6.61. The van der Waals surface area contributed by atoms with Gasteiger partial charge in [-0.25, -0.2) is 4.39 Å². The Balaban J connectivity index is 2.15. The van der Waals surface area contributed by atoms with E-state index in [0.717, 1.165) is 24.8 Å². The minimum atomic E-state index is -0.579. The first-order valence-electron chi connectivity index (χ1n) is 8.21. The van der Waals surface area contributed by atoms with Crippen LogP contribution in [0.1, 0.15) is 49.0 Å². The van der Waals surface area contributed by atoms with Gasteiger partial charge in [0.25, 0.3) is 5.91 Å². The Labute approximate surface area is 137 Å². The van der Waals surface area contributed by atoms with Gasteiger partial charge in [0.15, 0.2) is 0 Å². The minimum absolute atomic E-state index is 0.00665. The van der Waals surface area contributed by atoms with Crippen LogP contribution in [0.2, 0.25) is 0 Å². The second-order valence-electron chi connectivity index (χ2n) is 6.61. The van der Waals surface area contributed by atoms with Crippen molar-refractivity contribution in [2.75, 3.05) is 19.6 Å². The lowest BCUT2D eigenvalue weighted by atomic mass is 9.80. The maximum atomic E-state index is 13.5. The zero-order valence-electron chi connectivity index (χ0n) is 14.1. The summed E-state index contributed by atoms with van der Waals surface area (Å²) in [4.78, 5) is 26.8. The summed E-state index contributed by atoms with van der Waals surface area (Å²) in [6.07, 6.45) is 2.41. The Bertz CT molecular complexity index is 603. The smallest absolute Gasteiger partial charge is 0.254 e. The summed E-state index contributed by atoms with van der Waals surface area (Å²) in [5, 5.41) is 2.93. The molecule has 1 aromatic carbocycles. The summed E-state index contributed by atoms with van der Waals surface area (Å²) < 4.78 is 13.5. The summed E-state index contributed by atoms with van der Waals surface area (Å²) >= 11 is 0. The maximum absolute atomic E-state index is 13.5. The van der Waals surface area contributed by atoms with E-state index < -0.39 is 11.2 Å². The van der Waals surface area contributed by atoms with E-state index >= 15 is 0 Å². The molecule has 126 valence electrons. The summed E-state index contributed by atoms with van der Waals surface area (Å²) in [5.74, 6) is -0.622. The van der Waals surface area contributed by atoms with Crippen LogP contribution in [0.25, 0.3) is 0 Å². The van der Waals surface area contributed by atoms with Gasteiger partial charge >= 0.3 is 0 Å². The summed E-state index contributed by atoms with van der Waals surface area (Å²) in [5.41, 5.74) is 0.548. The molecule has 1 atom stereocenters. The highest BCUT2D eigenvalue weighted by Crippen LogP contribution is 2.31. The standard InChI is InChI=1S/C18H25FN2O2/c1-4-9-20-17(23)18(3)8-5-10-21(12-18)16(22)15-11-14(19)7-6-13(15)2/h6-7,11H,4-5,8-10,12H2,1-3H3,(H,20,23). The molecule has 1 saturated heterocycles. The number of nitrogens with zero attached hydrogens (tertiary/aromatic N) is 1. The van der Waals surface area contributed by atoms with Gasteiger partial charge in [-0.1, -0.05) is 13.0 Å². The van der Waals surface area contributed by atoms with Gasteiger partial charge in [0.2, 0.25) is 5.91 Å². The van der Waals surface area contributed by atoms with Crippen LogP contribution in [0.3, 0.4) is 0 Å². The minimum Gasteiger partial charge on any atom is -0.356 e. The van der Waals surface area contributed by atoms with Crippen molar-refractivity contribution < 1.29 is 14.0 Å². The Morgan fingerprint density at radius 2 is 2.13 bits per heavy atom. The first kappa shape index (κ1) is 17.4. The first-order valence-corrected chi connectivity index (χ1v) is 8.21. The van der Waals surface area contributed by atoms with Crippen molar-refractivity contribution >= 4 is 11.8 Å². The van der Waals surface area contributed by atoms with Gasteiger partial charge in [0, 0.05) is 25.2 Å². The molecule has 2 rings (SSSR count). The van der Waals surface area contributed by atoms with Crippen LogP contribution in [0.15, 0.2) is 18.2 Å².